The van der Waals surface area contributed by atoms with Crippen LogP contribution in [0.1, 0.15) is 30.6 Å². The lowest BCUT2D eigenvalue weighted by molar-refractivity contribution is 0.791. The Bertz CT molecular complexity index is 484. The Kier molecular flexibility index (Phi) is 3.59. The molecule has 5 heteroatoms. The van der Waals surface area contributed by atoms with E-state index in [1.165, 1.54) is 0 Å². The van der Waals surface area contributed by atoms with Crippen LogP contribution in [0.5, 0.6) is 0 Å². The molecule has 2 aromatic rings. The lowest BCUT2D eigenvalue weighted by Crippen LogP contribution is -2.07. The number of nitrogen functional groups attached to an aromatic ring is 1. The standard InChI is InChI=1S/C12H15N5/c1-2-4-10-15-11(17-12(13)16-10)7-9-5-3-6-14-8-9/h3,5-6,8H,2,4,7H2,1H3,(H2,13,15,16,17). The van der Waals surface area contributed by atoms with Gasteiger partial charge in [-0.3, -0.25) is 4.98 Å². The van der Waals surface area contributed by atoms with Crippen molar-refractivity contribution >= 4 is 5.95 Å². The van der Waals surface area contributed by atoms with Crippen LogP contribution in [0, 0.1) is 0 Å². The van der Waals surface area contributed by atoms with Gasteiger partial charge in [-0.25, -0.2) is 4.98 Å². The minimum atomic E-state index is 0.294. The SMILES string of the molecule is CCCc1nc(N)nc(Cc2cccnc2)n1. The molecule has 0 radical (unpaired) electrons. The molecule has 17 heavy (non-hydrogen) atoms. The van der Waals surface area contributed by atoms with Crippen molar-refractivity contribution in [2.45, 2.75) is 26.2 Å². The minimum absolute atomic E-state index is 0.294. The molecule has 0 saturated heterocycles. The van der Waals surface area contributed by atoms with Crippen LogP contribution in [-0.4, -0.2) is 19.9 Å². The van der Waals surface area contributed by atoms with E-state index in [-0.39, 0.29) is 0 Å². The zero-order chi connectivity index (χ0) is 12.1. The highest BCUT2D eigenvalue weighted by Crippen LogP contribution is 2.06. The van der Waals surface area contributed by atoms with Gasteiger partial charge in [0, 0.05) is 25.2 Å². The number of rotatable bonds is 4. The van der Waals surface area contributed by atoms with Crippen molar-refractivity contribution in [3.05, 3.63) is 41.7 Å². The fourth-order valence-electron chi connectivity index (χ4n) is 1.59. The van der Waals surface area contributed by atoms with Crippen molar-refractivity contribution in [2.75, 3.05) is 5.73 Å². The third-order valence-electron chi connectivity index (χ3n) is 2.30. The second-order valence-electron chi connectivity index (χ2n) is 3.81. The summed E-state index contributed by atoms with van der Waals surface area (Å²) in [4.78, 5) is 16.7. The largest absolute Gasteiger partial charge is 0.368 e. The number of hydrogen-bond acceptors (Lipinski definition) is 5. The molecule has 0 aromatic carbocycles. The van der Waals surface area contributed by atoms with Crippen molar-refractivity contribution in [1.29, 1.82) is 0 Å². The third kappa shape index (κ3) is 3.21. The first-order valence-corrected chi connectivity index (χ1v) is 5.66. The smallest absolute Gasteiger partial charge is 0.223 e. The van der Waals surface area contributed by atoms with E-state index in [2.05, 4.69) is 26.9 Å². The topological polar surface area (TPSA) is 77.6 Å². The van der Waals surface area contributed by atoms with Crippen LogP contribution in [0.4, 0.5) is 5.95 Å². The van der Waals surface area contributed by atoms with Gasteiger partial charge < -0.3 is 5.73 Å². The average Bonchev–Trinajstić information content (AvgIpc) is 2.30. The lowest BCUT2D eigenvalue weighted by Gasteiger charge is -2.03. The van der Waals surface area contributed by atoms with Crippen LogP contribution in [0.25, 0.3) is 0 Å². The molecule has 0 aliphatic heterocycles. The van der Waals surface area contributed by atoms with E-state index in [1.54, 1.807) is 12.4 Å². The summed E-state index contributed by atoms with van der Waals surface area (Å²) in [5.74, 6) is 1.76. The molecule has 0 fully saturated rings. The van der Waals surface area contributed by atoms with E-state index in [0.717, 1.165) is 24.2 Å². The molecular weight excluding hydrogens is 214 g/mol. The van der Waals surface area contributed by atoms with Gasteiger partial charge in [-0.2, -0.15) is 9.97 Å². The molecule has 0 atom stereocenters. The Morgan fingerprint density at radius 2 is 2.00 bits per heavy atom. The Balaban J connectivity index is 2.21. The third-order valence-corrected chi connectivity index (χ3v) is 2.30. The average molecular weight is 229 g/mol. The fraction of sp³-hybridized carbons (Fsp3) is 0.333. The van der Waals surface area contributed by atoms with E-state index in [0.29, 0.717) is 18.2 Å². The molecule has 0 saturated carbocycles. The zero-order valence-electron chi connectivity index (χ0n) is 9.80. The van der Waals surface area contributed by atoms with Gasteiger partial charge in [0.2, 0.25) is 5.95 Å². The monoisotopic (exact) mass is 229 g/mol. The molecule has 2 N–H and O–H groups in total. The first kappa shape index (κ1) is 11.4. The van der Waals surface area contributed by atoms with Gasteiger partial charge in [0.05, 0.1) is 0 Å². The summed E-state index contributed by atoms with van der Waals surface area (Å²) in [6, 6.07) is 3.89. The summed E-state index contributed by atoms with van der Waals surface area (Å²) < 4.78 is 0. The molecule has 0 amide bonds. The number of nitrogens with zero attached hydrogens (tertiary/aromatic N) is 4. The van der Waals surface area contributed by atoms with E-state index >= 15 is 0 Å². The second-order valence-corrected chi connectivity index (χ2v) is 3.81. The predicted octanol–water partition coefficient (Wildman–Crippen LogP) is 1.39. The van der Waals surface area contributed by atoms with Crippen LogP contribution < -0.4 is 5.73 Å². The molecule has 0 aliphatic rings. The quantitative estimate of drug-likeness (QED) is 0.857. The number of aryl methyl sites for hydroxylation is 1. The van der Waals surface area contributed by atoms with E-state index in [9.17, 15) is 0 Å². The Hall–Kier alpha value is -2.04. The molecule has 2 rings (SSSR count). The summed E-state index contributed by atoms with van der Waals surface area (Å²) in [7, 11) is 0. The van der Waals surface area contributed by atoms with Crippen LogP contribution in [0.15, 0.2) is 24.5 Å². The Labute approximate surface area is 100 Å². The summed E-state index contributed by atoms with van der Waals surface area (Å²) in [6.45, 7) is 2.08. The molecule has 2 aromatic heterocycles. The molecular formula is C12H15N5. The molecule has 88 valence electrons. The molecule has 0 aliphatic carbocycles. The Morgan fingerprint density at radius 1 is 1.18 bits per heavy atom. The number of nitrogens with two attached hydrogens (primary N) is 1. The van der Waals surface area contributed by atoms with Crippen molar-refractivity contribution in [3.8, 4) is 0 Å². The van der Waals surface area contributed by atoms with Gasteiger partial charge in [-0.15, -0.1) is 0 Å². The highest BCUT2D eigenvalue weighted by molar-refractivity contribution is 5.20. The summed E-state index contributed by atoms with van der Waals surface area (Å²) in [5, 5.41) is 0. The maximum Gasteiger partial charge on any atom is 0.223 e. The number of anilines is 1. The first-order chi connectivity index (χ1) is 8.28. The normalized spacial score (nSPS) is 10.4. The second kappa shape index (κ2) is 5.34. The van der Waals surface area contributed by atoms with Crippen molar-refractivity contribution in [2.24, 2.45) is 0 Å². The highest BCUT2D eigenvalue weighted by atomic mass is 15.1. The maximum absolute atomic E-state index is 5.67. The van der Waals surface area contributed by atoms with Gasteiger partial charge in [0.15, 0.2) is 0 Å². The molecule has 0 spiro atoms. The molecule has 2 heterocycles. The van der Waals surface area contributed by atoms with Gasteiger partial charge in [-0.05, 0) is 18.1 Å². The number of pyridine rings is 1. The predicted molar refractivity (Wildman–Crippen MR) is 65.3 cm³/mol. The van der Waals surface area contributed by atoms with Crippen molar-refractivity contribution < 1.29 is 0 Å². The van der Waals surface area contributed by atoms with Crippen LogP contribution >= 0.6 is 0 Å². The lowest BCUT2D eigenvalue weighted by atomic mass is 10.2. The highest BCUT2D eigenvalue weighted by Gasteiger charge is 2.04. The molecule has 0 unspecified atom stereocenters. The minimum Gasteiger partial charge on any atom is -0.368 e. The zero-order valence-corrected chi connectivity index (χ0v) is 9.80. The number of aromatic nitrogens is 4. The van der Waals surface area contributed by atoms with Gasteiger partial charge in [-0.1, -0.05) is 13.0 Å². The van der Waals surface area contributed by atoms with Gasteiger partial charge >= 0.3 is 0 Å². The first-order valence-electron chi connectivity index (χ1n) is 5.66. The van der Waals surface area contributed by atoms with Crippen LogP contribution in [0.3, 0.4) is 0 Å². The van der Waals surface area contributed by atoms with Crippen LogP contribution in [-0.2, 0) is 12.8 Å². The van der Waals surface area contributed by atoms with Crippen molar-refractivity contribution in [1.82, 2.24) is 19.9 Å². The van der Waals surface area contributed by atoms with Gasteiger partial charge in [0.1, 0.15) is 11.6 Å². The maximum atomic E-state index is 5.67. The van der Waals surface area contributed by atoms with E-state index in [4.69, 9.17) is 5.73 Å². The van der Waals surface area contributed by atoms with Gasteiger partial charge in [0.25, 0.3) is 0 Å². The molecule has 0 bridgehead atoms. The summed E-state index contributed by atoms with van der Waals surface area (Å²) >= 11 is 0. The van der Waals surface area contributed by atoms with Crippen molar-refractivity contribution in [3.63, 3.8) is 0 Å². The fourth-order valence-corrected chi connectivity index (χ4v) is 1.59. The Morgan fingerprint density at radius 3 is 2.71 bits per heavy atom. The molecule has 5 nitrogen and oxygen atoms in total. The van der Waals surface area contributed by atoms with E-state index in [1.807, 2.05) is 12.1 Å². The number of hydrogen-bond donors (Lipinski definition) is 1. The summed E-state index contributed by atoms with van der Waals surface area (Å²) in [6.07, 6.45) is 6.01. The van der Waals surface area contributed by atoms with Crippen LogP contribution in [0.2, 0.25) is 0 Å². The summed E-state index contributed by atoms with van der Waals surface area (Å²) in [5.41, 5.74) is 6.74. The van der Waals surface area contributed by atoms with E-state index < -0.39 is 0 Å².